The van der Waals surface area contributed by atoms with Gasteiger partial charge in [-0.1, -0.05) is 69.3 Å². The minimum Gasteiger partial charge on any atom is -0.358 e. The molecule has 0 fully saturated rings. The number of aryl methyl sites for hydroxylation is 2. The topological polar surface area (TPSA) is 85.4 Å². The molecule has 28 heavy (non-hydrogen) atoms. The number of aromatic nitrogens is 3. The molecule has 0 amide bonds. The maximum atomic E-state index is 11.2. The van der Waals surface area contributed by atoms with E-state index in [1.54, 1.807) is 12.1 Å². The highest BCUT2D eigenvalue weighted by Gasteiger charge is 2.19. The third-order valence-electron chi connectivity index (χ3n) is 4.57. The molecule has 0 bridgehead atoms. The van der Waals surface area contributed by atoms with E-state index in [0.29, 0.717) is 11.5 Å². The lowest BCUT2D eigenvalue weighted by Gasteiger charge is -2.21. The molecule has 7 heteroatoms. The number of hydrogen-bond donors (Lipinski definition) is 1. The van der Waals surface area contributed by atoms with Crippen molar-refractivity contribution in [3.05, 3.63) is 99.2 Å². The van der Waals surface area contributed by atoms with Crippen molar-refractivity contribution >= 4 is 17.3 Å². The first-order valence-corrected chi connectivity index (χ1v) is 8.90. The SMILES string of the molecule is Cc1cccc(C(Nc2ccc3ncc([N+](=O)[O-])n3n2)c2cccc(C)c2)c1. The van der Waals surface area contributed by atoms with E-state index in [4.69, 9.17) is 0 Å². The molecular formula is C21H19N5O2. The second-order valence-electron chi connectivity index (χ2n) is 6.77. The van der Waals surface area contributed by atoms with E-state index in [1.165, 1.54) is 10.7 Å². The summed E-state index contributed by atoms with van der Waals surface area (Å²) >= 11 is 0. The van der Waals surface area contributed by atoms with Gasteiger partial charge < -0.3 is 15.4 Å². The van der Waals surface area contributed by atoms with Crippen LogP contribution in [0.5, 0.6) is 0 Å². The number of nitro groups is 1. The first-order valence-electron chi connectivity index (χ1n) is 8.90. The number of hydrogen-bond acceptors (Lipinski definition) is 5. The van der Waals surface area contributed by atoms with Gasteiger partial charge in [-0.05, 0) is 36.0 Å². The Hall–Kier alpha value is -3.74. The van der Waals surface area contributed by atoms with Crippen molar-refractivity contribution in [2.75, 3.05) is 5.32 Å². The van der Waals surface area contributed by atoms with Gasteiger partial charge in [0.25, 0.3) is 0 Å². The van der Waals surface area contributed by atoms with Gasteiger partial charge in [-0.3, -0.25) is 0 Å². The fourth-order valence-electron chi connectivity index (χ4n) is 3.27. The van der Waals surface area contributed by atoms with Crippen LogP contribution in [0.3, 0.4) is 0 Å². The van der Waals surface area contributed by atoms with E-state index in [1.807, 2.05) is 12.1 Å². The van der Waals surface area contributed by atoms with Gasteiger partial charge in [-0.25, -0.2) is 4.98 Å². The Bertz CT molecular complexity index is 1120. The second-order valence-corrected chi connectivity index (χ2v) is 6.77. The lowest BCUT2D eigenvalue weighted by molar-refractivity contribution is -0.391. The highest BCUT2D eigenvalue weighted by atomic mass is 16.6. The Kier molecular flexibility index (Phi) is 4.49. The predicted molar refractivity (Wildman–Crippen MR) is 107 cm³/mol. The van der Waals surface area contributed by atoms with Crippen LogP contribution in [0.1, 0.15) is 28.3 Å². The molecule has 0 saturated carbocycles. The normalized spacial score (nSPS) is 11.1. The molecule has 140 valence electrons. The van der Waals surface area contributed by atoms with Crippen molar-refractivity contribution in [2.45, 2.75) is 19.9 Å². The number of imidazole rings is 1. The Morgan fingerprint density at radius 3 is 2.21 bits per heavy atom. The molecule has 2 heterocycles. The van der Waals surface area contributed by atoms with E-state index < -0.39 is 4.92 Å². The predicted octanol–water partition coefficient (Wildman–Crippen LogP) is 4.46. The molecule has 1 N–H and O–H groups in total. The van der Waals surface area contributed by atoms with E-state index in [-0.39, 0.29) is 11.9 Å². The number of anilines is 1. The summed E-state index contributed by atoms with van der Waals surface area (Å²) in [5.74, 6) is 0.364. The summed E-state index contributed by atoms with van der Waals surface area (Å²) in [6, 6.07) is 19.9. The van der Waals surface area contributed by atoms with Gasteiger partial charge in [0.15, 0.2) is 5.82 Å². The van der Waals surface area contributed by atoms with Crippen molar-refractivity contribution in [2.24, 2.45) is 0 Å². The van der Waals surface area contributed by atoms with Crippen LogP contribution in [0.25, 0.3) is 5.65 Å². The zero-order valence-corrected chi connectivity index (χ0v) is 15.5. The van der Waals surface area contributed by atoms with Crippen LogP contribution >= 0.6 is 0 Å². The molecule has 0 atom stereocenters. The molecular weight excluding hydrogens is 354 g/mol. The van der Waals surface area contributed by atoms with Gasteiger partial charge in [-0.15, -0.1) is 0 Å². The highest BCUT2D eigenvalue weighted by molar-refractivity contribution is 5.51. The Morgan fingerprint density at radius 1 is 1.00 bits per heavy atom. The van der Waals surface area contributed by atoms with Crippen LogP contribution in [0.4, 0.5) is 11.6 Å². The van der Waals surface area contributed by atoms with Gasteiger partial charge in [0, 0.05) is 6.07 Å². The van der Waals surface area contributed by atoms with E-state index in [0.717, 1.165) is 22.3 Å². The van der Waals surface area contributed by atoms with Gasteiger partial charge in [0.2, 0.25) is 5.65 Å². The summed E-state index contributed by atoms with van der Waals surface area (Å²) in [5, 5.41) is 19.0. The average molecular weight is 373 g/mol. The molecule has 2 aromatic carbocycles. The van der Waals surface area contributed by atoms with Gasteiger partial charge >= 0.3 is 5.82 Å². The minimum atomic E-state index is -0.491. The second kappa shape index (κ2) is 7.11. The maximum absolute atomic E-state index is 11.2. The van der Waals surface area contributed by atoms with E-state index in [2.05, 4.69) is 65.6 Å². The molecule has 7 nitrogen and oxygen atoms in total. The molecule has 0 aliphatic carbocycles. The first-order chi connectivity index (χ1) is 13.5. The molecule has 0 saturated heterocycles. The van der Waals surface area contributed by atoms with Crippen LogP contribution in [0.2, 0.25) is 0 Å². The van der Waals surface area contributed by atoms with Crippen LogP contribution < -0.4 is 5.32 Å². The molecule has 2 aromatic heterocycles. The fraction of sp³-hybridized carbons (Fsp3) is 0.143. The summed E-state index contributed by atoms with van der Waals surface area (Å²) < 4.78 is 1.24. The smallest absolute Gasteiger partial charge is 0.358 e. The van der Waals surface area contributed by atoms with E-state index >= 15 is 0 Å². The summed E-state index contributed by atoms with van der Waals surface area (Å²) in [6.07, 6.45) is 1.21. The number of rotatable bonds is 5. The van der Waals surface area contributed by atoms with Crippen molar-refractivity contribution in [3.63, 3.8) is 0 Å². The highest BCUT2D eigenvalue weighted by Crippen LogP contribution is 2.28. The third kappa shape index (κ3) is 3.42. The molecule has 0 unspecified atom stereocenters. The monoisotopic (exact) mass is 373 g/mol. The largest absolute Gasteiger partial charge is 0.368 e. The average Bonchev–Trinajstić information content (AvgIpc) is 3.09. The zero-order valence-electron chi connectivity index (χ0n) is 15.5. The Labute approximate surface area is 161 Å². The lowest BCUT2D eigenvalue weighted by atomic mass is 9.96. The zero-order chi connectivity index (χ0) is 19.7. The van der Waals surface area contributed by atoms with Crippen molar-refractivity contribution in [1.29, 1.82) is 0 Å². The van der Waals surface area contributed by atoms with E-state index in [9.17, 15) is 10.1 Å². The number of nitrogens with one attached hydrogen (secondary N) is 1. The summed E-state index contributed by atoms with van der Waals surface area (Å²) in [7, 11) is 0. The lowest BCUT2D eigenvalue weighted by Crippen LogP contribution is -2.14. The first kappa shape index (κ1) is 17.7. The molecule has 4 rings (SSSR count). The number of benzene rings is 2. The quantitative estimate of drug-likeness (QED) is 0.412. The summed E-state index contributed by atoms with van der Waals surface area (Å²) in [4.78, 5) is 14.8. The Balaban J connectivity index is 1.78. The molecule has 0 aliphatic heterocycles. The van der Waals surface area contributed by atoms with Crippen LogP contribution in [-0.4, -0.2) is 19.5 Å². The van der Waals surface area contributed by atoms with Crippen LogP contribution in [0, 0.1) is 24.0 Å². The molecule has 0 aliphatic rings. The summed E-state index contributed by atoms with van der Waals surface area (Å²) in [6.45, 7) is 4.10. The maximum Gasteiger partial charge on any atom is 0.368 e. The summed E-state index contributed by atoms with van der Waals surface area (Å²) in [5.41, 5.74) is 4.93. The standard InChI is InChI=1S/C21H19N5O2/c1-14-5-3-7-16(11-14)21(17-8-4-6-15(2)12-17)23-18-9-10-19-22-13-20(26(27)28)25(19)24-18/h3-13,21H,1-2H3,(H,23,24). The van der Waals surface area contributed by atoms with Gasteiger partial charge in [-0.2, -0.15) is 0 Å². The Morgan fingerprint density at radius 2 is 1.64 bits per heavy atom. The molecule has 0 radical (unpaired) electrons. The third-order valence-corrected chi connectivity index (χ3v) is 4.57. The van der Waals surface area contributed by atoms with Gasteiger partial charge in [0.05, 0.1) is 6.04 Å². The molecule has 0 spiro atoms. The number of fused-ring (bicyclic) bond motifs is 1. The van der Waals surface area contributed by atoms with Gasteiger partial charge in [0.1, 0.15) is 6.20 Å². The minimum absolute atomic E-state index is 0.146. The van der Waals surface area contributed by atoms with Crippen molar-refractivity contribution in [1.82, 2.24) is 14.6 Å². The number of nitrogens with zero attached hydrogens (tertiary/aromatic N) is 4. The molecule has 4 aromatic rings. The fourth-order valence-corrected chi connectivity index (χ4v) is 3.27. The van der Waals surface area contributed by atoms with Crippen LogP contribution in [-0.2, 0) is 0 Å². The van der Waals surface area contributed by atoms with Crippen molar-refractivity contribution in [3.8, 4) is 0 Å². The van der Waals surface area contributed by atoms with Crippen LogP contribution in [0.15, 0.2) is 66.9 Å². The van der Waals surface area contributed by atoms with Crippen molar-refractivity contribution < 1.29 is 4.92 Å².